The van der Waals surface area contributed by atoms with Crippen LogP contribution in [-0.4, -0.2) is 29.7 Å². The van der Waals surface area contributed by atoms with Crippen LogP contribution in [0.2, 0.25) is 0 Å². The van der Waals surface area contributed by atoms with Crippen LogP contribution in [0.1, 0.15) is 49.8 Å². The Bertz CT molecular complexity index is 1200. The van der Waals surface area contributed by atoms with E-state index in [-0.39, 0.29) is 12.4 Å². The van der Waals surface area contributed by atoms with Gasteiger partial charge in [-0.2, -0.15) is 0 Å². The van der Waals surface area contributed by atoms with Crippen molar-refractivity contribution in [2.24, 2.45) is 4.99 Å². The minimum atomic E-state index is -0.679. The fourth-order valence-electron chi connectivity index (χ4n) is 4.11. The van der Waals surface area contributed by atoms with Crippen molar-refractivity contribution >= 4 is 17.7 Å². The highest BCUT2D eigenvalue weighted by atomic mass is 16.5. The van der Waals surface area contributed by atoms with E-state index in [1.807, 2.05) is 30.3 Å². The Morgan fingerprint density at radius 3 is 2.67 bits per heavy atom. The summed E-state index contributed by atoms with van der Waals surface area (Å²) in [5.41, 5.74) is 6.74. The van der Waals surface area contributed by atoms with Crippen molar-refractivity contribution in [3.05, 3.63) is 99.9 Å². The highest BCUT2D eigenvalue weighted by molar-refractivity contribution is 6.15. The van der Waals surface area contributed by atoms with E-state index in [0.29, 0.717) is 17.7 Å². The summed E-state index contributed by atoms with van der Waals surface area (Å²) in [6, 6.07) is 15.0. The van der Waals surface area contributed by atoms with Crippen molar-refractivity contribution < 1.29 is 19.1 Å². The molecule has 0 saturated carbocycles. The average Bonchev–Trinajstić information content (AvgIpc) is 3.20. The third-order valence-electron chi connectivity index (χ3n) is 5.50. The third-order valence-corrected chi connectivity index (χ3v) is 5.50. The molecule has 6 nitrogen and oxygen atoms in total. The van der Waals surface area contributed by atoms with Gasteiger partial charge in [0.05, 0.1) is 31.4 Å². The van der Waals surface area contributed by atoms with Crippen molar-refractivity contribution in [3.63, 3.8) is 0 Å². The molecule has 0 amide bonds. The van der Waals surface area contributed by atoms with Crippen LogP contribution in [0, 0.1) is 0 Å². The largest absolute Gasteiger partial charge is 0.465 e. The second-order valence-corrected chi connectivity index (χ2v) is 7.23. The molecule has 6 heteroatoms. The van der Waals surface area contributed by atoms with E-state index in [2.05, 4.69) is 4.98 Å². The van der Waals surface area contributed by atoms with Gasteiger partial charge in [0.25, 0.3) is 0 Å². The number of aromatic nitrogens is 1. The highest BCUT2D eigenvalue weighted by Gasteiger charge is 2.33. The molecule has 0 spiro atoms. The summed E-state index contributed by atoms with van der Waals surface area (Å²) in [6.07, 6.45) is 3.00. The van der Waals surface area contributed by atoms with Gasteiger partial charge in [-0.05, 0) is 35.4 Å². The van der Waals surface area contributed by atoms with E-state index >= 15 is 0 Å². The first-order valence-corrected chi connectivity index (χ1v) is 9.63. The predicted octanol–water partition coefficient (Wildman–Crippen LogP) is 3.41. The minimum absolute atomic E-state index is 0.199. The zero-order valence-corrected chi connectivity index (χ0v) is 16.3. The molecular weight excluding hydrogens is 380 g/mol. The molecule has 3 aromatic rings. The molecule has 0 fully saturated rings. The van der Waals surface area contributed by atoms with Crippen LogP contribution in [0.3, 0.4) is 0 Å². The molecule has 1 unspecified atom stereocenters. The SMILES string of the molecule is COC(=O)c1ccccc1C1OC(=O)Cc2cc3c(cc21)C(c1ccncc1)=NC3. The van der Waals surface area contributed by atoms with Crippen molar-refractivity contribution in [1.29, 1.82) is 0 Å². The number of aliphatic imine (C=N–C) groups is 1. The first kappa shape index (κ1) is 18.2. The van der Waals surface area contributed by atoms with Crippen LogP contribution in [0.25, 0.3) is 0 Å². The monoisotopic (exact) mass is 398 g/mol. The number of rotatable bonds is 3. The van der Waals surface area contributed by atoms with Crippen LogP contribution in [-0.2, 0) is 27.2 Å². The van der Waals surface area contributed by atoms with Gasteiger partial charge in [-0.15, -0.1) is 0 Å². The van der Waals surface area contributed by atoms with E-state index in [1.54, 1.807) is 30.6 Å². The van der Waals surface area contributed by atoms with Gasteiger partial charge in [0.2, 0.25) is 0 Å². The van der Waals surface area contributed by atoms with Crippen LogP contribution in [0.15, 0.2) is 65.9 Å². The highest BCUT2D eigenvalue weighted by Crippen LogP contribution is 2.38. The molecule has 2 aromatic carbocycles. The van der Waals surface area contributed by atoms with E-state index in [0.717, 1.165) is 33.5 Å². The quantitative estimate of drug-likeness (QED) is 0.632. The maximum Gasteiger partial charge on any atom is 0.338 e. The topological polar surface area (TPSA) is 77.9 Å². The summed E-state index contributed by atoms with van der Waals surface area (Å²) in [5, 5.41) is 0. The number of pyridine rings is 1. The molecule has 5 rings (SSSR count). The fourth-order valence-corrected chi connectivity index (χ4v) is 4.11. The number of nitrogens with zero attached hydrogens (tertiary/aromatic N) is 2. The molecule has 0 aliphatic carbocycles. The molecule has 148 valence electrons. The predicted molar refractivity (Wildman–Crippen MR) is 109 cm³/mol. The lowest BCUT2D eigenvalue weighted by atomic mass is 9.86. The Hall–Kier alpha value is -3.80. The number of esters is 2. The number of hydrogen-bond acceptors (Lipinski definition) is 6. The van der Waals surface area contributed by atoms with E-state index in [9.17, 15) is 9.59 Å². The number of fused-ring (bicyclic) bond motifs is 2. The van der Waals surface area contributed by atoms with Gasteiger partial charge in [-0.3, -0.25) is 14.8 Å². The first-order chi connectivity index (χ1) is 14.7. The Morgan fingerprint density at radius 1 is 1.07 bits per heavy atom. The third kappa shape index (κ3) is 2.97. The van der Waals surface area contributed by atoms with Gasteiger partial charge in [-0.25, -0.2) is 4.79 Å². The van der Waals surface area contributed by atoms with Crippen LogP contribution in [0.5, 0.6) is 0 Å². The van der Waals surface area contributed by atoms with Crippen molar-refractivity contribution in [3.8, 4) is 0 Å². The summed E-state index contributed by atoms with van der Waals surface area (Å²) < 4.78 is 10.7. The van der Waals surface area contributed by atoms with Crippen LogP contribution in [0.4, 0.5) is 0 Å². The summed E-state index contributed by atoms with van der Waals surface area (Å²) in [6.45, 7) is 0.568. The van der Waals surface area contributed by atoms with E-state index < -0.39 is 12.1 Å². The van der Waals surface area contributed by atoms with Gasteiger partial charge in [-0.1, -0.05) is 24.3 Å². The molecule has 3 heterocycles. The zero-order valence-electron chi connectivity index (χ0n) is 16.3. The molecule has 0 bridgehead atoms. The molecule has 1 atom stereocenters. The standard InChI is InChI=1S/C24H18N2O4/c1-29-24(28)18-5-3-2-4-17(18)23-20-12-19-16(10-15(20)11-21(27)30-23)13-26-22(19)14-6-8-25-9-7-14/h2-10,12,23H,11,13H2,1H3. The van der Waals surface area contributed by atoms with Crippen LogP contribution >= 0.6 is 0 Å². The van der Waals surface area contributed by atoms with Crippen molar-refractivity contribution in [1.82, 2.24) is 4.98 Å². The molecule has 0 radical (unpaired) electrons. The number of hydrogen-bond donors (Lipinski definition) is 0. The molecule has 0 N–H and O–H groups in total. The smallest absolute Gasteiger partial charge is 0.338 e. The maximum absolute atomic E-state index is 12.4. The van der Waals surface area contributed by atoms with Crippen molar-refractivity contribution in [2.75, 3.05) is 7.11 Å². The zero-order chi connectivity index (χ0) is 20.7. The number of methoxy groups -OCH3 is 1. The number of ether oxygens (including phenoxy) is 2. The molecule has 2 aliphatic heterocycles. The minimum Gasteiger partial charge on any atom is -0.465 e. The Morgan fingerprint density at radius 2 is 1.87 bits per heavy atom. The fraction of sp³-hybridized carbons (Fsp3) is 0.167. The molecule has 30 heavy (non-hydrogen) atoms. The lowest BCUT2D eigenvalue weighted by Crippen LogP contribution is -2.24. The summed E-state index contributed by atoms with van der Waals surface area (Å²) >= 11 is 0. The molecule has 0 saturated heterocycles. The lowest BCUT2D eigenvalue weighted by Gasteiger charge is -2.28. The van der Waals surface area contributed by atoms with Gasteiger partial charge in [0.1, 0.15) is 0 Å². The van der Waals surface area contributed by atoms with Gasteiger partial charge < -0.3 is 9.47 Å². The normalized spacial score (nSPS) is 16.9. The number of benzene rings is 2. The molecule has 1 aromatic heterocycles. The first-order valence-electron chi connectivity index (χ1n) is 9.63. The van der Waals surface area contributed by atoms with E-state index in [4.69, 9.17) is 14.5 Å². The summed E-state index contributed by atoms with van der Waals surface area (Å²) in [7, 11) is 1.34. The number of cyclic esters (lactones) is 1. The Balaban J connectivity index is 1.65. The van der Waals surface area contributed by atoms with Crippen LogP contribution < -0.4 is 0 Å². The van der Waals surface area contributed by atoms with Gasteiger partial charge in [0.15, 0.2) is 6.10 Å². The number of carbonyl (C=O) groups excluding carboxylic acids is 2. The van der Waals surface area contributed by atoms with Crippen molar-refractivity contribution in [2.45, 2.75) is 19.1 Å². The lowest BCUT2D eigenvalue weighted by molar-refractivity contribution is -0.148. The average molecular weight is 398 g/mol. The summed E-state index contributed by atoms with van der Waals surface area (Å²) in [4.78, 5) is 33.5. The van der Waals surface area contributed by atoms with E-state index in [1.165, 1.54) is 7.11 Å². The molecular formula is C24H18N2O4. The second-order valence-electron chi connectivity index (χ2n) is 7.23. The molecule has 2 aliphatic rings. The Kier molecular flexibility index (Phi) is 4.39. The maximum atomic E-state index is 12.4. The summed E-state index contributed by atoms with van der Waals surface area (Å²) in [5.74, 6) is -0.783. The Labute approximate surface area is 173 Å². The number of carbonyl (C=O) groups is 2. The second kappa shape index (κ2) is 7.22. The van der Waals surface area contributed by atoms with Gasteiger partial charge >= 0.3 is 11.9 Å². The van der Waals surface area contributed by atoms with Gasteiger partial charge in [0, 0.05) is 34.6 Å².